The molecule has 154 valence electrons. The van der Waals surface area contributed by atoms with Gasteiger partial charge in [-0.15, -0.1) is 0 Å². The highest BCUT2D eigenvalue weighted by Gasteiger charge is 2.25. The number of benzene rings is 2. The van der Waals surface area contributed by atoms with Crippen molar-refractivity contribution in [3.63, 3.8) is 0 Å². The van der Waals surface area contributed by atoms with Crippen molar-refractivity contribution in [3.8, 4) is 0 Å². The van der Waals surface area contributed by atoms with E-state index in [0.717, 1.165) is 11.1 Å². The molecule has 0 radical (unpaired) electrons. The summed E-state index contributed by atoms with van der Waals surface area (Å²) in [6.07, 6.45) is 2.62. The predicted octanol–water partition coefficient (Wildman–Crippen LogP) is 1.55. The molecule has 0 aromatic heterocycles. The van der Waals surface area contributed by atoms with Crippen molar-refractivity contribution in [2.24, 2.45) is 16.5 Å². The maximum atomic E-state index is 12.7. The fourth-order valence-electron chi connectivity index (χ4n) is 2.76. The molecule has 0 saturated heterocycles. The van der Waals surface area contributed by atoms with Crippen molar-refractivity contribution in [2.75, 3.05) is 6.54 Å². The number of aliphatic imine (C=N–C) groups is 1. The van der Waals surface area contributed by atoms with Crippen LogP contribution in [-0.4, -0.2) is 36.8 Å². The number of rotatable bonds is 11. The summed E-state index contributed by atoms with van der Waals surface area (Å²) in [5.41, 5.74) is 12.9. The molecule has 1 amide bonds. The smallest absolute Gasteiger partial charge is 0.329 e. The molecule has 5 N–H and O–H groups in total. The average Bonchev–Trinajstić information content (AvgIpc) is 2.75. The highest BCUT2D eigenvalue weighted by molar-refractivity contribution is 5.87. The van der Waals surface area contributed by atoms with Gasteiger partial charge in [-0.25, -0.2) is 4.79 Å². The maximum Gasteiger partial charge on any atom is 0.329 e. The molecular formula is C22H28N4O3. The van der Waals surface area contributed by atoms with Crippen LogP contribution < -0.4 is 16.8 Å². The number of hydrogen-bond donors (Lipinski definition) is 3. The average molecular weight is 396 g/mol. The quantitative estimate of drug-likeness (QED) is 0.230. The van der Waals surface area contributed by atoms with Gasteiger partial charge in [-0.1, -0.05) is 60.7 Å². The lowest BCUT2D eigenvalue weighted by atomic mass is 10.0. The van der Waals surface area contributed by atoms with Crippen LogP contribution in [0.2, 0.25) is 0 Å². The molecule has 0 bridgehead atoms. The Morgan fingerprint density at radius 1 is 1.03 bits per heavy atom. The molecule has 0 aliphatic rings. The van der Waals surface area contributed by atoms with Crippen LogP contribution in [0.1, 0.15) is 24.0 Å². The molecule has 0 saturated carbocycles. The third-order valence-electron chi connectivity index (χ3n) is 4.35. The Labute approximate surface area is 171 Å². The topological polar surface area (TPSA) is 120 Å². The Morgan fingerprint density at radius 2 is 1.66 bits per heavy atom. The van der Waals surface area contributed by atoms with Gasteiger partial charge in [-0.2, -0.15) is 0 Å². The van der Waals surface area contributed by atoms with Gasteiger partial charge < -0.3 is 21.5 Å². The van der Waals surface area contributed by atoms with Crippen LogP contribution in [0.5, 0.6) is 0 Å². The Balaban J connectivity index is 1.98. The molecule has 2 atom stereocenters. The van der Waals surface area contributed by atoms with E-state index in [-0.39, 0.29) is 12.5 Å². The van der Waals surface area contributed by atoms with E-state index in [9.17, 15) is 9.59 Å². The Morgan fingerprint density at radius 3 is 2.28 bits per heavy atom. The number of nitrogens with one attached hydrogen (secondary N) is 1. The highest BCUT2D eigenvalue weighted by Crippen LogP contribution is 2.08. The third-order valence-corrected chi connectivity index (χ3v) is 4.35. The number of hydrogen-bond acceptors (Lipinski definition) is 5. The summed E-state index contributed by atoms with van der Waals surface area (Å²) in [6, 6.07) is 17.3. The lowest BCUT2D eigenvalue weighted by molar-refractivity contribution is -0.149. The summed E-state index contributed by atoms with van der Waals surface area (Å²) >= 11 is 0. The van der Waals surface area contributed by atoms with Crippen molar-refractivity contribution < 1.29 is 14.3 Å². The second kappa shape index (κ2) is 12.3. The van der Waals surface area contributed by atoms with E-state index in [4.69, 9.17) is 16.2 Å². The standard InChI is InChI=1S/C22H28N4O3/c23-16-25-13-7-12-19(24)21(27)26-20(14-17-8-3-1-4-9-17)22(28)29-15-18-10-5-2-6-11-18/h1-6,8-11,16,19-20H,7,12-15,24H2,(H2,23,25)(H,26,27)/t19-,20+/m1/s1. The number of carbonyl (C=O) groups is 2. The molecule has 2 aromatic rings. The minimum absolute atomic E-state index is 0.143. The fourth-order valence-corrected chi connectivity index (χ4v) is 2.76. The Bertz CT molecular complexity index is 781. The van der Waals surface area contributed by atoms with Gasteiger partial charge in [0.1, 0.15) is 12.6 Å². The largest absolute Gasteiger partial charge is 0.459 e. The fraction of sp³-hybridized carbons (Fsp3) is 0.318. The highest BCUT2D eigenvalue weighted by atomic mass is 16.5. The molecule has 0 aliphatic carbocycles. The van der Waals surface area contributed by atoms with Crippen molar-refractivity contribution in [1.29, 1.82) is 0 Å². The van der Waals surface area contributed by atoms with E-state index < -0.39 is 18.1 Å². The van der Waals surface area contributed by atoms with Gasteiger partial charge in [0.05, 0.1) is 12.4 Å². The van der Waals surface area contributed by atoms with Gasteiger partial charge in [0.2, 0.25) is 5.91 Å². The van der Waals surface area contributed by atoms with Gasteiger partial charge in [-0.3, -0.25) is 9.79 Å². The molecule has 2 aromatic carbocycles. The number of carbonyl (C=O) groups excluding carboxylic acids is 2. The molecule has 29 heavy (non-hydrogen) atoms. The summed E-state index contributed by atoms with van der Waals surface area (Å²) in [4.78, 5) is 29.0. The first-order valence-corrected chi connectivity index (χ1v) is 9.60. The van der Waals surface area contributed by atoms with E-state index in [1.807, 2.05) is 60.7 Å². The van der Waals surface area contributed by atoms with E-state index in [1.54, 1.807) is 0 Å². The SMILES string of the molecule is NC=NCCC[C@@H](N)C(=O)N[C@@H](Cc1ccccc1)C(=O)OCc1ccccc1. The second-order valence-corrected chi connectivity index (χ2v) is 6.65. The normalized spacial score (nSPS) is 13.0. The molecule has 7 nitrogen and oxygen atoms in total. The number of esters is 1. The van der Waals surface area contributed by atoms with Crippen LogP contribution >= 0.6 is 0 Å². The zero-order chi connectivity index (χ0) is 20.9. The maximum absolute atomic E-state index is 12.7. The van der Waals surface area contributed by atoms with E-state index in [2.05, 4.69) is 10.3 Å². The summed E-state index contributed by atoms with van der Waals surface area (Å²) in [6.45, 7) is 0.647. The van der Waals surface area contributed by atoms with Gasteiger partial charge in [0.15, 0.2) is 0 Å². The van der Waals surface area contributed by atoms with Gasteiger partial charge in [0, 0.05) is 13.0 Å². The van der Waals surface area contributed by atoms with Crippen molar-refractivity contribution in [1.82, 2.24) is 5.32 Å². The van der Waals surface area contributed by atoms with Gasteiger partial charge in [-0.05, 0) is 24.0 Å². The summed E-state index contributed by atoms with van der Waals surface area (Å²) in [7, 11) is 0. The monoisotopic (exact) mass is 396 g/mol. The molecule has 0 heterocycles. The van der Waals surface area contributed by atoms with Gasteiger partial charge >= 0.3 is 5.97 Å². The Kier molecular flexibility index (Phi) is 9.38. The summed E-state index contributed by atoms with van der Waals surface area (Å²) in [5.74, 6) is -0.884. The predicted molar refractivity (Wildman–Crippen MR) is 113 cm³/mol. The minimum Gasteiger partial charge on any atom is -0.459 e. The van der Waals surface area contributed by atoms with Crippen molar-refractivity contribution in [3.05, 3.63) is 71.8 Å². The first-order chi connectivity index (χ1) is 14.1. The van der Waals surface area contributed by atoms with Crippen LogP contribution in [0.15, 0.2) is 65.7 Å². The zero-order valence-corrected chi connectivity index (χ0v) is 16.4. The van der Waals surface area contributed by atoms with Crippen LogP contribution in [-0.2, 0) is 27.4 Å². The molecule has 7 heteroatoms. The molecule has 2 rings (SSSR count). The lowest BCUT2D eigenvalue weighted by Gasteiger charge is -2.20. The number of nitrogens with two attached hydrogens (primary N) is 2. The summed E-state index contributed by atoms with van der Waals surface area (Å²) in [5, 5.41) is 2.74. The van der Waals surface area contributed by atoms with Crippen molar-refractivity contribution in [2.45, 2.75) is 38.0 Å². The van der Waals surface area contributed by atoms with E-state index >= 15 is 0 Å². The van der Waals surface area contributed by atoms with Crippen LogP contribution in [0.3, 0.4) is 0 Å². The first-order valence-electron chi connectivity index (χ1n) is 9.60. The van der Waals surface area contributed by atoms with E-state index in [0.29, 0.717) is 25.8 Å². The molecule has 0 aliphatic heterocycles. The zero-order valence-electron chi connectivity index (χ0n) is 16.4. The van der Waals surface area contributed by atoms with E-state index in [1.165, 1.54) is 6.34 Å². The molecular weight excluding hydrogens is 368 g/mol. The minimum atomic E-state index is -0.818. The van der Waals surface area contributed by atoms with Crippen molar-refractivity contribution >= 4 is 18.2 Å². The number of nitrogens with zero attached hydrogens (tertiary/aromatic N) is 1. The third kappa shape index (κ3) is 8.15. The second-order valence-electron chi connectivity index (χ2n) is 6.65. The van der Waals surface area contributed by atoms with Crippen LogP contribution in [0, 0.1) is 0 Å². The van der Waals surface area contributed by atoms with Gasteiger partial charge in [0.25, 0.3) is 0 Å². The van der Waals surface area contributed by atoms with Crippen LogP contribution in [0.4, 0.5) is 0 Å². The number of ether oxygens (including phenoxy) is 1. The Hall–Kier alpha value is -3.19. The molecule has 0 fully saturated rings. The lowest BCUT2D eigenvalue weighted by Crippen LogP contribution is -2.49. The number of amides is 1. The first kappa shape index (κ1) is 22.1. The summed E-state index contributed by atoms with van der Waals surface area (Å²) < 4.78 is 5.43. The molecule has 0 spiro atoms. The van der Waals surface area contributed by atoms with Crippen LogP contribution in [0.25, 0.3) is 0 Å². The molecule has 0 unspecified atom stereocenters.